The van der Waals surface area contributed by atoms with E-state index in [1.165, 1.54) is 6.07 Å². The maximum Gasteiger partial charge on any atom is 0.289 e. The fraction of sp³-hybridized carbons (Fsp3) is 0.321. The number of rotatable bonds is 4. The van der Waals surface area contributed by atoms with Crippen molar-refractivity contribution in [2.45, 2.75) is 33.1 Å². The molecule has 0 bridgehead atoms. The summed E-state index contributed by atoms with van der Waals surface area (Å²) >= 11 is 0. The highest BCUT2D eigenvalue weighted by molar-refractivity contribution is 6.07. The second-order valence-corrected chi connectivity index (χ2v) is 9.25. The number of hydrogen-bond donors (Lipinski definition) is 1. The molecular formula is C28H29FN4O3. The van der Waals surface area contributed by atoms with Gasteiger partial charge in [-0.25, -0.2) is 9.82 Å². The van der Waals surface area contributed by atoms with E-state index in [9.17, 15) is 14.0 Å². The third-order valence-electron chi connectivity index (χ3n) is 6.96. The molecule has 8 heteroatoms. The fourth-order valence-electron chi connectivity index (χ4n) is 4.99. The SMILES string of the molecule is Cc1ccccc1C(=O)N/N=C1\CCCc2oc(C(=O)N3CCN(c4ccccc4F)CC3)c(C)c21. The molecule has 2 aliphatic rings. The first-order valence-corrected chi connectivity index (χ1v) is 12.3. The molecule has 3 aromatic rings. The summed E-state index contributed by atoms with van der Waals surface area (Å²) in [6.45, 7) is 5.80. The summed E-state index contributed by atoms with van der Waals surface area (Å²) in [7, 11) is 0. The van der Waals surface area contributed by atoms with Gasteiger partial charge in [0.25, 0.3) is 11.8 Å². The first-order chi connectivity index (χ1) is 17.4. The quantitative estimate of drug-likeness (QED) is 0.550. The number of hydrogen-bond acceptors (Lipinski definition) is 5. The Balaban J connectivity index is 1.31. The molecule has 0 saturated carbocycles. The molecule has 1 N–H and O–H groups in total. The molecule has 1 aromatic heterocycles. The average Bonchev–Trinajstić information content (AvgIpc) is 3.24. The Morgan fingerprint density at radius 1 is 0.972 bits per heavy atom. The first-order valence-electron chi connectivity index (χ1n) is 12.3. The number of carbonyl (C=O) groups excluding carboxylic acids is 2. The summed E-state index contributed by atoms with van der Waals surface area (Å²) < 4.78 is 20.2. The van der Waals surface area contributed by atoms with Crippen LogP contribution in [0.4, 0.5) is 10.1 Å². The molecule has 1 aliphatic carbocycles. The van der Waals surface area contributed by atoms with Crippen molar-refractivity contribution < 1.29 is 18.4 Å². The number of para-hydroxylation sites is 1. The van der Waals surface area contributed by atoms with Crippen molar-refractivity contribution in [2.75, 3.05) is 31.1 Å². The highest BCUT2D eigenvalue weighted by Gasteiger charge is 2.32. The second kappa shape index (κ2) is 9.97. The summed E-state index contributed by atoms with van der Waals surface area (Å²) in [4.78, 5) is 29.7. The van der Waals surface area contributed by atoms with E-state index in [1.807, 2.05) is 43.0 Å². The molecule has 2 amide bonds. The van der Waals surface area contributed by atoms with Crippen LogP contribution < -0.4 is 10.3 Å². The molecule has 0 atom stereocenters. The molecule has 2 aromatic carbocycles. The molecule has 0 spiro atoms. The molecule has 0 unspecified atom stereocenters. The Bertz CT molecular complexity index is 1340. The van der Waals surface area contributed by atoms with Crippen LogP contribution in [0.3, 0.4) is 0 Å². The van der Waals surface area contributed by atoms with Gasteiger partial charge in [0.2, 0.25) is 0 Å². The third kappa shape index (κ3) is 4.51. The number of fused-ring (bicyclic) bond motifs is 1. The highest BCUT2D eigenvalue weighted by Crippen LogP contribution is 2.31. The molecule has 1 aliphatic heterocycles. The van der Waals surface area contributed by atoms with Gasteiger partial charge in [-0.3, -0.25) is 9.59 Å². The van der Waals surface area contributed by atoms with Gasteiger partial charge in [0.15, 0.2) is 5.76 Å². The van der Waals surface area contributed by atoms with E-state index in [-0.39, 0.29) is 17.6 Å². The number of benzene rings is 2. The van der Waals surface area contributed by atoms with E-state index in [2.05, 4.69) is 10.5 Å². The van der Waals surface area contributed by atoms with Crippen LogP contribution in [-0.4, -0.2) is 48.6 Å². The summed E-state index contributed by atoms with van der Waals surface area (Å²) in [5, 5.41) is 4.43. The van der Waals surface area contributed by atoms with Gasteiger partial charge in [0.1, 0.15) is 11.6 Å². The van der Waals surface area contributed by atoms with Gasteiger partial charge in [-0.05, 0) is 50.5 Å². The number of anilines is 1. The number of piperazine rings is 1. The topological polar surface area (TPSA) is 78.1 Å². The zero-order valence-electron chi connectivity index (χ0n) is 20.5. The van der Waals surface area contributed by atoms with Gasteiger partial charge in [0.05, 0.1) is 11.4 Å². The maximum absolute atomic E-state index is 14.2. The van der Waals surface area contributed by atoms with Crippen LogP contribution in [0.25, 0.3) is 0 Å². The number of nitrogens with one attached hydrogen (secondary N) is 1. The van der Waals surface area contributed by atoms with E-state index in [4.69, 9.17) is 4.42 Å². The van der Waals surface area contributed by atoms with E-state index < -0.39 is 0 Å². The second-order valence-electron chi connectivity index (χ2n) is 9.25. The minimum Gasteiger partial charge on any atom is -0.455 e. The van der Waals surface area contributed by atoms with Crippen LogP contribution in [0.2, 0.25) is 0 Å². The van der Waals surface area contributed by atoms with E-state index in [0.29, 0.717) is 49.6 Å². The highest BCUT2D eigenvalue weighted by atomic mass is 19.1. The molecular weight excluding hydrogens is 459 g/mol. The Hall–Kier alpha value is -3.94. The van der Waals surface area contributed by atoms with Crippen LogP contribution in [-0.2, 0) is 6.42 Å². The van der Waals surface area contributed by atoms with Crippen molar-refractivity contribution in [1.29, 1.82) is 0 Å². The van der Waals surface area contributed by atoms with Gasteiger partial charge < -0.3 is 14.2 Å². The number of halogens is 1. The Labute approximate surface area is 209 Å². The van der Waals surface area contributed by atoms with Gasteiger partial charge in [-0.15, -0.1) is 0 Å². The van der Waals surface area contributed by atoms with Gasteiger partial charge >= 0.3 is 0 Å². The van der Waals surface area contributed by atoms with Crippen LogP contribution in [0.15, 0.2) is 58.0 Å². The normalized spacial score (nSPS) is 16.7. The number of aryl methyl sites for hydroxylation is 2. The zero-order chi connectivity index (χ0) is 25.2. The fourth-order valence-corrected chi connectivity index (χ4v) is 4.99. The lowest BCUT2D eigenvalue weighted by molar-refractivity contribution is 0.0711. The first kappa shape index (κ1) is 23.8. The van der Waals surface area contributed by atoms with Crippen LogP contribution in [0.1, 0.15) is 56.2 Å². The standard InChI is InChI=1S/C28H29FN4O3/c1-18-8-3-4-9-20(18)27(34)31-30-22-11-7-13-24-25(22)19(2)26(36-24)28(35)33-16-14-32(15-17-33)23-12-6-5-10-21(23)29/h3-6,8-10,12H,7,11,13-17H2,1-2H3,(H,31,34)/b30-22+. The molecule has 7 nitrogen and oxygen atoms in total. The molecule has 2 heterocycles. The predicted octanol–water partition coefficient (Wildman–Crippen LogP) is 4.47. The van der Waals surface area contributed by atoms with Gasteiger partial charge in [0, 0.05) is 49.3 Å². The van der Waals surface area contributed by atoms with Crippen LogP contribution in [0, 0.1) is 19.7 Å². The maximum atomic E-state index is 14.2. The Kier molecular flexibility index (Phi) is 6.59. The minimum absolute atomic E-state index is 0.168. The number of hydrazone groups is 1. The smallest absolute Gasteiger partial charge is 0.289 e. The molecule has 186 valence electrons. The van der Waals surface area contributed by atoms with Crippen molar-refractivity contribution in [3.8, 4) is 0 Å². The average molecular weight is 489 g/mol. The Morgan fingerprint density at radius 2 is 1.69 bits per heavy atom. The van der Waals surface area contributed by atoms with Crippen LogP contribution >= 0.6 is 0 Å². The predicted molar refractivity (Wildman–Crippen MR) is 136 cm³/mol. The number of furan rings is 1. The van der Waals surface area contributed by atoms with Gasteiger partial charge in [-0.2, -0.15) is 5.10 Å². The monoisotopic (exact) mass is 488 g/mol. The lowest BCUT2D eigenvalue weighted by Crippen LogP contribution is -2.49. The third-order valence-corrected chi connectivity index (χ3v) is 6.96. The molecule has 0 radical (unpaired) electrons. The summed E-state index contributed by atoms with van der Waals surface area (Å²) in [6.07, 6.45) is 2.24. The van der Waals surface area contributed by atoms with Crippen molar-refractivity contribution in [3.05, 3.63) is 88.1 Å². The lowest BCUT2D eigenvalue weighted by atomic mass is 9.93. The van der Waals surface area contributed by atoms with Crippen LogP contribution in [0.5, 0.6) is 0 Å². The van der Waals surface area contributed by atoms with Gasteiger partial charge in [-0.1, -0.05) is 30.3 Å². The molecule has 36 heavy (non-hydrogen) atoms. The minimum atomic E-state index is -0.266. The molecule has 1 saturated heterocycles. The Morgan fingerprint density at radius 3 is 2.44 bits per heavy atom. The van der Waals surface area contributed by atoms with Crippen molar-refractivity contribution >= 4 is 23.2 Å². The summed E-state index contributed by atoms with van der Waals surface area (Å²) in [6, 6.07) is 14.1. The van der Waals surface area contributed by atoms with E-state index in [0.717, 1.165) is 41.0 Å². The summed E-state index contributed by atoms with van der Waals surface area (Å²) in [5.74, 6) is 0.361. The molecule has 5 rings (SSSR count). The van der Waals surface area contributed by atoms with Crippen molar-refractivity contribution in [2.24, 2.45) is 5.10 Å². The van der Waals surface area contributed by atoms with E-state index >= 15 is 0 Å². The molecule has 1 fully saturated rings. The lowest BCUT2D eigenvalue weighted by Gasteiger charge is -2.35. The van der Waals surface area contributed by atoms with Crippen molar-refractivity contribution in [1.82, 2.24) is 10.3 Å². The van der Waals surface area contributed by atoms with E-state index in [1.54, 1.807) is 23.1 Å². The number of amides is 2. The largest absolute Gasteiger partial charge is 0.455 e. The number of carbonyl (C=O) groups is 2. The zero-order valence-corrected chi connectivity index (χ0v) is 20.5. The summed E-state index contributed by atoms with van der Waals surface area (Å²) in [5.41, 5.74) is 6.98. The van der Waals surface area contributed by atoms with Crippen molar-refractivity contribution in [3.63, 3.8) is 0 Å². The number of nitrogens with zero attached hydrogens (tertiary/aromatic N) is 3.